The van der Waals surface area contributed by atoms with E-state index in [1.807, 2.05) is 12.1 Å². The zero-order valence-electron chi connectivity index (χ0n) is 21.1. The summed E-state index contributed by atoms with van der Waals surface area (Å²) in [6.07, 6.45) is 8.76. The fourth-order valence-corrected chi connectivity index (χ4v) is 5.68. The number of aryl methyl sites for hydroxylation is 1. The van der Waals surface area contributed by atoms with Crippen molar-refractivity contribution < 1.29 is 14.3 Å². The minimum Gasteiger partial charge on any atom is -0.488 e. The summed E-state index contributed by atoms with van der Waals surface area (Å²) in [4.78, 5) is 15.6. The van der Waals surface area contributed by atoms with E-state index >= 15 is 0 Å². The molecule has 1 aliphatic carbocycles. The van der Waals surface area contributed by atoms with Crippen molar-refractivity contribution >= 4 is 12.0 Å². The van der Waals surface area contributed by atoms with E-state index in [9.17, 15) is 4.79 Å². The maximum Gasteiger partial charge on any atom is 0.250 e. The van der Waals surface area contributed by atoms with Crippen molar-refractivity contribution in [2.45, 2.75) is 57.5 Å². The van der Waals surface area contributed by atoms with Gasteiger partial charge in [-0.25, -0.2) is 0 Å². The van der Waals surface area contributed by atoms with E-state index in [0.29, 0.717) is 18.2 Å². The minimum absolute atomic E-state index is 0.0131. The van der Waals surface area contributed by atoms with Gasteiger partial charge in [-0.05, 0) is 87.7 Å². The number of nitrogens with one attached hydrogen (secondary N) is 1. The number of nitrogens with zero attached hydrogens (tertiary/aromatic N) is 1. The molecule has 0 unspecified atom stereocenters. The third-order valence-electron chi connectivity index (χ3n) is 7.94. The lowest BCUT2D eigenvalue weighted by Crippen LogP contribution is -2.43. The number of fused-ring (bicyclic) bond motifs is 1. The summed E-state index contributed by atoms with van der Waals surface area (Å²) in [5.41, 5.74) is 5.23. The lowest BCUT2D eigenvalue weighted by Gasteiger charge is -2.36. The Morgan fingerprint density at radius 2 is 1.69 bits per heavy atom. The van der Waals surface area contributed by atoms with E-state index in [-0.39, 0.29) is 11.9 Å². The van der Waals surface area contributed by atoms with E-state index in [1.54, 1.807) is 0 Å². The van der Waals surface area contributed by atoms with Gasteiger partial charge in [0.15, 0.2) is 0 Å². The predicted molar refractivity (Wildman–Crippen MR) is 140 cm³/mol. The summed E-state index contributed by atoms with van der Waals surface area (Å²) in [5, 5.41) is 3.29. The van der Waals surface area contributed by atoms with Gasteiger partial charge in [0.2, 0.25) is 0 Å². The number of rotatable bonds is 6. The van der Waals surface area contributed by atoms with Gasteiger partial charge in [-0.1, -0.05) is 35.9 Å². The molecule has 5 rings (SSSR count). The Kier molecular flexibility index (Phi) is 7.54. The highest BCUT2D eigenvalue weighted by atomic mass is 16.5. The quantitative estimate of drug-likeness (QED) is 0.623. The standard InChI is InChI=1S/C30H38N2O3/c1-21-3-7-23(8-4-21)24-9-12-29-25(17-24)18-26(20-35-29)30(33)31-27-10-5-22(6-11-27)19-32(2)28-13-15-34-16-14-28/h3-4,7-9,12,17-18,22,27-28H,5-6,10-11,13-16,19-20H2,1-2H3,(H,31,33)/t22-,27-. The molecule has 2 heterocycles. The summed E-state index contributed by atoms with van der Waals surface area (Å²) >= 11 is 0. The molecule has 5 heteroatoms. The molecule has 1 saturated heterocycles. The van der Waals surface area contributed by atoms with Crippen LogP contribution in [0.1, 0.15) is 49.7 Å². The number of carbonyl (C=O) groups excluding carboxylic acids is 1. The Hall–Kier alpha value is -2.63. The topological polar surface area (TPSA) is 50.8 Å². The SMILES string of the molecule is Cc1ccc(-c2ccc3c(c2)C=C(C(=O)N[C@H]2CC[C@H](CN(C)C4CCOCC4)CC2)CO3)cc1. The van der Waals surface area contributed by atoms with E-state index in [1.165, 1.54) is 24.0 Å². The van der Waals surface area contributed by atoms with E-state index in [0.717, 1.165) is 68.2 Å². The number of benzene rings is 2. The second-order valence-electron chi connectivity index (χ2n) is 10.6. The van der Waals surface area contributed by atoms with Crippen LogP contribution in [0, 0.1) is 12.8 Å². The zero-order chi connectivity index (χ0) is 24.2. The molecular weight excluding hydrogens is 436 g/mol. The van der Waals surface area contributed by atoms with Crippen LogP contribution in [0.4, 0.5) is 0 Å². The van der Waals surface area contributed by atoms with Gasteiger partial charge in [-0.2, -0.15) is 0 Å². The van der Waals surface area contributed by atoms with Crippen LogP contribution < -0.4 is 10.1 Å². The van der Waals surface area contributed by atoms with Crippen LogP contribution >= 0.6 is 0 Å². The number of amides is 1. The summed E-state index contributed by atoms with van der Waals surface area (Å²) in [6, 6.07) is 15.6. The first-order chi connectivity index (χ1) is 17.0. The first kappa shape index (κ1) is 24.1. The third kappa shape index (κ3) is 5.96. The van der Waals surface area contributed by atoms with Crippen molar-refractivity contribution in [2.75, 3.05) is 33.4 Å². The van der Waals surface area contributed by atoms with Gasteiger partial charge in [0, 0.05) is 37.4 Å². The molecule has 5 nitrogen and oxygen atoms in total. The lowest BCUT2D eigenvalue weighted by molar-refractivity contribution is -0.118. The molecule has 186 valence electrons. The van der Waals surface area contributed by atoms with Crippen LogP contribution in [0.15, 0.2) is 48.0 Å². The van der Waals surface area contributed by atoms with Crippen LogP contribution in [0.3, 0.4) is 0 Å². The van der Waals surface area contributed by atoms with Crippen LogP contribution in [0.5, 0.6) is 5.75 Å². The van der Waals surface area contributed by atoms with Crippen LogP contribution in [0.25, 0.3) is 17.2 Å². The van der Waals surface area contributed by atoms with Crippen molar-refractivity contribution in [3.63, 3.8) is 0 Å². The van der Waals surface area contributed by atoms with Crippen molar-refractivity contribution in [2.24, 2.45) is 5.92 Å². The van der Waals surface area contributed by atoms with Crippen LogP contribution in [-0.2, 0) is 9.53 Å². The zero-order valence-corrected chi connectivity index (χ0v) is 21.1. The largest absolute Gasteiger partial charge is 0.488 e. The van der Waals surface area contributed by atoms with E-state index < -0.39 is 0 Å². The highest BCUT2D eigenvalue weighted by Crippen LogP contribution is 2.32. The molecule has 0 aromatic heterocycles. The molecule has 0 atom stereocenters. The molecule has 0 radical (unpaired) electrons. The number of hydrogen-bond acceptors (Lipinski definition) is 4. The third-order valence-corrected chi connectivity index (χ3v) is 7.94. The normalized spacial score (nSPS) is 22.8. The molecule has 35 heavy (non-hydrogen) atoms. The molecule has 2 aromatic rings. The van der Waals surface area contributed by atoms with Gasteiger partial charge < -0.3 is 19.7 Å². The molecule has 1 amide bonds. The number of carbonyl (C=O) groups is 1. The fourth-order valence-electron chi connectivity index (χ4n) is 5.68. The Morgan fingerprint density at radius 1 is 0.971 bits per heavy atom. The van der Waals surface area contributed by atoms with E-state index in [2.05, 4.69) is 60.6 Å². The summed E-state index contributed by atoms with van der Waals surface area (Å²) < 4.78 is 11.4. The summed E-state index contributed by atoms with van der Waals surface area (Å²) in [7, 11) is 2.27. The second-order valence-corrected chi connectivity index (χ2v) is 10.6. The van der Waals surface area contributed by atoms with Crippen molar-refractivity contribution in [1.29, 1.82) is 0 Å². The van der Waals surface area contributed by atoms with Crippen LogP contribution in [-0.4, -0.2) is 56.3 Å². The molecule has 2 fully saturated rings. The van der Waals surface area contributed by atoms with Gasteiger partial charge in [0.05, 0.1) is 5.57 Å². The second kappa shape index (κ2) is 11.0. The molecule has 2 aromatic carbocycles. The monoisotopic (exact) mass is 474 g/mol. The smallest absolute Gasteiger partial charge is 0.250 e. The van der Waals surface area contributed by atoms with Gasteiger partial charge in [-0.3, -0.25) is 4.79 Å². The first-order valence-corrected chi connectivity index (χ1v) is 13.2. The number of ether oxygens (including phenoxy) is 2. The van der Waals surface area contributed by atoms with E-state index in [4.69, 9.17) is 9.47 Å². The minimum atomic E-state index is 0.0131. The highest BCUT2D eigenvalue weighted by molar-refractivity contribution is 5.99. The fraction of sp³-hybridized carbons (Fsp3) is 0.500. The lowest BCUT2D eigenvalue weighted by atomic mass is 9.85. The molecule has 1 saturated carbocycles. The van der Waals surface area contributed by atoms with Crippen LogP contribution in [0.2, 0.25) is 0 Å². The molecule has 0 spiro atoms. The van der Waals surface area contributed by atoms with Gasteiger partial charge >= 0.3 is 0 Å². The molecule has 2 aliphatic heterocycles. The average molecular weight is 475 g/mol. The Bertz CT molecular complexity index is 1050. The first-order valence-electron chi connectivity index (χ1n) is 13.2. The number of hydrogen-bond donors (Lipinski definition) is 1. The molecule has 1 N–H and O–H groups in total. The van der Waals surface area contributed by atoms with Gasteiger partial charge in [-0.15, -0.1) is 0 Å². The summed E-state index contributed by atoms with van der Waals surface area (Å²) in [6.45, 7) is 5.37. The van der Waals surface area contributed by atoms with Crippen molar-refractivity contribution in [1.82, 2.24) is 10.2 Å². The Morgan fingerprint density at radius 3 is 2.43 bits per heavy atom. The average Bonchev–Trinajstić information content (AvgIpc) is 2.90. The van der Waals surface area contributed by atoms with Gasteiger partial charge in [0.25, 0.3) is 5.91 Å². The molecular formula is C30H38N2O3. The van der Waals surface area contributed by atoms with Crippen molar-refractivity contribution in [3.05, 3.63) is 59.2 Å². The highest BCUT2D eigenvalue weighted by Gasteiger charge is 2.27. The van der Waals surface area contributed by atoms with Gasteiger partial charge in [0.1, 0.15) is 12.4 Å². The summed E-state index contributed by atoms with van der Waals surface area (Å²) in [5.74, 6) is 1.58. The molecule has 0 bridgehead atoms. The maximum absolute atomic E-state index is 13.1. The molecule has 3 aliphatic rings. The maximum atomic E-state index is 13.1. The Labute approximate surface area is 209 Å². The van der Waals surface area contributed by atoms with Crippen molar-refractivity contribution in [3.8, 4) is 16.9 Å². The Balaban J connectivity index is 1.15. The predicted octanol–water partition coefficient (Wildman–Crippen LogP) is 5.22.